The number of aromatic hydroxyl groups is 1. The molecule has 200 valence electrons. The number of hydrogen-bond donors (Lipinski definition) is 3. The highest BCUT2D eigenvalue weighted by atomic mass is 19.1. The summed E-state index contributed by atoms with van der Waals surface area (Å²) in [7, 11) is 1.57. The van der Waals surface area contributed by atoms with Crippen molar-refractivity contribution in [1.29, 1.82) is 5.26 Å². The molecule has 0 aliphatic rings. The van der Waals surface area contributed by atoms with Crippen LogP contribution in [0.15, 0.2) is 77.6 Å². The Morgan fingerprint density at radius 1 is 1.13 bits per heavy atom. The first-order valence-electron chi connectivity index (χ1n) is 12.1. The molecule has 0 saturated heterocycles. The molecule has 1 heterocycles. The van der Waals surface area contributed by atoms with Gasteiger partial charge in [0, 0.05) is 18.6 Å². The molecule has 3 N–H and O–H groups in total. The van der Waals surface area contributed by atoms with Gasteiger partial charge in [-0.2, -0.15) is 5.26 Å². The first kappa shape index (κ1) is 27.2. The Hall–Kier alpha value is -4.88. The number of carbonyl (C=O) groups excluding carboxylic acids is 1. The smallest absolute Gasteiger partial charge is 0.329 e. The van der Waals surface area contributed by atoms with Crippen LogP contribution in [0.25, 0.3) is 11.3 Å². The second-order valence-electron chi connectivity index (χ2n) is 8.80. The van der Waals surface area contributed by atoms with Gasteiger partial charge < -0.3 is 24.9 Å². The summed E-state index contributed by atoms with van der Waals surface area (Å²) in [6, 6.07) is 19.9. The van der Waals surface area contributed by atoms with Crippen LogP contribution in [0, 0.1) is 17.1 Å². The minimum atomic E-state index is -1.25. The molecular formula is C29H27FN4O5. The highest BCUT2D eigenvalue weighted by molar-refractivity contribution is 5.95. The Morgan fingerprint density at radius 3 is 2.49 bits per heavy atom. The molecule has 4 aromatic rings. The molecule has 9 nitrogen and oxygen atoms in total. The lowest BCUT2D eigenvalue weighted by atomic mass is 9.92. The van der Waals surface area contributed by atoms with Crippen LogP contribution in [-0.2, 0) is 9.53 Å². The summed E-state index contributed by atoms with van der Waals surface area (Å²) in [6.07, 6.45) is 0. The molecule has 0 saturated carbocycles. The van der Waals surface area contributed by atoms with Crippen molar-refractivity contribution in [3.63, 3.8) is 0 Å². The van der Waals surface area contributed by atoms with E-state index in [1.807, 2.05) is 12.1 Å². The fourth-order valence-electron chi connectivity index (χ4n) is 4.26. The van der Waals surface area contributed by atoms with Gasteiger partial charge in [0.2, 0.25) is 11.8 Å². The lowest BCUT2D eigenvalue weighted by Gasteiger charge is -2.25. The number of methoxy groups -OCH3 is 1. The predicted octanol–water partition coefficient (Wildman–Crippen LogP) is 4.57. The molecule has 39 heavy (non-hydrogen) atoms. The predicted molar refractivity (Wildman–Crippen MR) is 143 cm³/mol. The number of anilines is 1. The van der Waals surface area contributed by atoms with E-state index in [0.717, 1.165) is 16.2 Å². The SMILES string of the molecule is COCCOc1ccc(-c2[nH]c(=O)n([C@H](C(=O)Nc3ccc(C#N)cc3F)[C@@H](C)c3ccccc3)c2O)cc1. The van der Waals surface area contributed by atoms with Gasteiger partial charge >= 0.3 is 5.69 Å². The zero-order valence-corrected chi connectivity index (χ0v) is 21.3. The fraction of sp³-hybridized carbons (Fsp3) is 0.207. The summed E-state index contributed by atoms with van der Waals surface area (Å²) in [5.74, 6) is -1.99. The molecule has 1 aromatic heterocycles. The summed E-state index contributed by atoms with van der Waals surface area (Å²) in [5, 5.41) is 22.7. The van der Waals surface area contributed by atoms with Gasteiger partial charge in [-0.15, -0.1) is 0 Å². The number of halogens is 1. The van der Waals surface area contributed by atoms with E-state index in [1.165, 1.54) is 12.1 Å². The van der Waals surface area contributed by atoms with Gasteiger partial charge in [0.25, 0.3) is 0 Å². The Kier molecular flexibility index (Phi) is 8.43. The molecule has 2 atom stereocenters. The molecule has 0 fully saturated rings. The van der Waals surface area contributed by atoms with Gasteiger partial charge in [-0.1, -0.05) is 37.3 Å². The minimum absolute atomic E-state index is 0.0963. The van der Waals surface area contributed by atoms with Crippen molar-refractivity contribution in [3.8, 4) is 29.0 Å². The Morgan fingerprint density at radius 2 is 1.85 bits per heavy atom. The second-order valence-corrected chi connectivity index (χ2v) is 8.80. The highest BCUT2D eigenvalue weighted by Crippen LogP contribution is 2.35. The number of benzene rings is 3. The number of nitriles is 1. The summed E-state index contributed by atoms with van der Waals surface area (Å²) >= 11 is 0. The lowest BCUT2D eigenvalue weighted by molar-refractivity contribution is -0.120. The Bertz CT molecular complexity index is 1540. The van der Waals surface area contributed by atoms with Gasteiger partial charge in [-0.25, -0.2) is 13.8 Å². The number of aromatic amines is 1. The first-order valence-corrected chi connectivity index (χ1v) is 12.1. The quantitative estimate of drug-likeness (QED) is 0.258. The van der Waals surface area contributed by atoms with E-state index in [0.29, 0.717) is 24.5 Å². The van der Waals surface area contributed by atoms with Gasteiger partial charge in [-0.3, -0.25) is 4.79 Å². The first-order chi connectivity index (χ1) is 18.8. The van der Waals surface area contributed by atoms with Gasteiger partial charge in [0.1, 0.15) is 29.9 Å². The molecule has 3 aromatic carbocycles. The molecule has 0 aliphatic heterocycles. The summed E-state index contributed by atoms with van der Waals surface area (Å²) < 4.78 is 26.1. The maximum absolute atomic E-state index is 14.6. The van der Waals surface area contributed by atoms with E-state index in [-0.39, 0.29) is 16.9 Å². The van der Waals surface area contributed by atoms with Crippen LogP contribution in [0.3, 0.4) is 0 Å². The molecule has 4 rings (SSSR count). The number of ether oxygens (including phenoxy) is 2. The van der Waals surface area contributed by atoms with E-state index >= 15 is 0 Å². The average molecular weight is 531 g/mol. The zero-order chi connectivity index (χ0) is 27.9. The van der Waals surface area contributed by atoms with E-state index in [1.54, 1.807) is 62.6 Å². The Balaban J connectivity index is 1.72. The van der Waals surface area contributed by atoms with Crippen LogP contribution in [0.2, 0.25) is 0 Å². The zero-order valence-electron chi connectivity index (χ0n) is 21.3. The van der Waals surface area contributed by atoms with Crippen molar-refractivity contribution in [2.45, 2.75) is 18.9 Å². The molecule has 0 radical (unpaired) electrons. The fourth-order valence-corrected chi connectivity index (χ4v) is 4.26. The number of nitrogens with one attached hydrogen (secondary N) is 2. The number of H-pyrrole nitrogens is 1. The van der Waals surface area contributed by atoms with Crippen molar-refractivity contribution < 1.29 is 23.8 Å². The minimum Gasteiger partial charge on any atom is -0.493 e. The summed E-state index contributed by atoms with van der Waals surface area (Å²) in [5.41, 5.74) is 0.560. The van der Waals surface area contributed by atoms with Crippen molar-refractivity contribution in [2.75, 3.05) is 25.6 Å². The van der Waals surface area contributed by atoms with Crippen molar-refractivity contribution in [3.05, 3.63) is 100 Å². The molecule has 0 unspecified atom stereocenters. The third kappa shape index (κ3) is 6.00. The molecule has 0 spiro atoms. The largest absolute Gasteiger partial charge is 0.493 e. The van der Waals surface area contributed by atoms with Crippen LogP contribution in [0.1, 0.15) is 30.0 Å². The molecular weight excluding hydrogens is 503 g/mol. The highest BCUT2D eigenvalue weighted by Gasteiger charge is 2.33. The van der Waals surface area contributed by atoms with E-state index in [9.17, 15) is 19.1 Å². The van der Waals surface area contributed by atoms with Crippen LogP contribution in [0.4, 0.5) is 10.1 Å². The molecule has 10 heteroatoms. The van der Waals surface area contributed by atoms with Crippen LogP contribution in [-0.4, -0.2) is 40.9 Å². The number of amides is 1. The maximum Gasteiger partial charge on any atom is 0.329 e. The number of rotatable bonds is 10. The van der Waals surface area contributed by atoms with Crippen molar-refractivity contribution in [1.82, 2.24) is 9.55 Å². The van der Waals surface area contributed by atoms with Gasteiger partial charge in [-0.05, 0) is 48.0 Å². The summed E-state index contributed by atoms with van der Waals surface area (Å²) in [6.45, 7) is 2.52. The third-order valence-electron chi connectivity index (χ3n) is 6.30. The third-order valence-corrected chi connectivity index (χ3v) is 6.30. The normalized spacial score (nSPS) is 12.4. The summed E-state index contributed by atoms with van der Waals surface area (Å²) in [4.78, 5) is 29.4. The number of nitrogens with zero attached hydrogens (tertiary/aromatic N) is 2. The second kappa shape index (κ2) is 12.1. The van der Waals surface area contributed by atoms with Gasteiger partial charge in [0.15, 0.2) is 0 Å². The van der Waals surface area contributed by atoms with E-state index in [2.05, 4.69) is 10.3 Å². The van der Waals surface area contributed by atoms with Crippen LogP contribution >= 0.6 is 0 Å². The number of aromatic nitrogens is 2. The number of hydrogen-bond acceptors (Lipinski definition) is 6. The van der Waals surface area contributed by atoms with E-state index < -0.39 is 35.3 Å². The number of imidazole rings is 1. The van der Waals surface area contributed by atoms with Crippen LogP contribution < -0.4 is 15.7 Å². The molecule has 0 bridgehead atoms. The standard InChI is InChI=1S/C29H27FN4O5/c1-18(20-6-4-3-5-7-20)26(27(35)32-24-13-8-19(17-31)16-23(24)30)34-28(36)25(33-29(34)37)21-9-11-22(12-10-21)39-15-14-38-2/h3-13,16,18,26,36H,14-15H2,1-2H3,(H,32,35)(H,33,37)/t18-,26-/m0/s1. The lowest BCUT2D eigenvalue weighted by Crippen LogP contribution is -2.35. The average Bonchev–Trinajstić information content (AvgIpc) is 3.24. The molecule has 0 aliphatic carbocycles. The maximum atomic E-state index is 14.6. The number of carbonyl (C=O) groups is 1. The van der Waals surface area contributed by atoms with Crippen molar-refractivity contribution >= 4 is 11.6 Å². The van der Waals surface area contributed by atoms with Crippen LogP contribution in [0.5, 0.6) is 11.6 Å². The van der Waals surface area contributed by atoms with Gasteiger partial charge in [0.05, 0.1) is 23.9 Å². The molecule has 1 amide bonds. The Labute approximate surface area is 224 Å². The van der Waals surface area contributed by atoms with Crippen molar-refractivity contribution in [2.24, 2.45) is 0 Å². The van der Waals surface area contributed by atoms with E-state index in [4.69, 9.17) is 14.7 Å². The topological polar surface area (TPSA) is 129 Å². The monoisotopic (exact) mass is 530 g/mol.